The highest BCUT2D eigenvalue weighted by molar-refractivity contribution is 4.93. The average molecular weight is 276 g/mol. The lowest BCUT2D eigenvalue weighted by atomic mass is 9.80. The predicted molar refractivity (Wildman–Crippen MR) is 70.7 cm³/mol. The van der Waals surface area contributed by atoms with Crippen LogP contribution in [0.3, 0.4) is 0 Å². The number of ether oxygens (including phenoxy) is 1. The fraction of sp³-hybridized carbons (Fsp3) is 1.00. The van der Waals surface area contributed by atoms with Gasteiger partial charge >= 0.3 is 0 Å². The lowest BCUT2D eigenvalue weighted by molar-refractivity contribution is 0.00357. The quantitative estimate of drug-likeness (QED) is 0.613. The van der Waals surface area contributed by atoms with Crippen LogP contribution in [0.1, 0.15) is 46.5 Å². The van der Waals surface area contributed by atoms with Gasteiger partial charge in [0.1, 0.15) is 0 Å². The first-order chi connectivity index (χ1) is 8.84. The Morgan fingerprint density at radius 1 is 1.32 bits per heavy atom. The van der Waals surface area contributed by atoms with Gasteiger partial charge in [-0.2, -0.15) is 0 Å². The minimum absolute atomic E-state index is 0.0110. The molecule has 1 heterocycles. The molecular formula is C14H26F2N2O. The van der Waals surface area contributed by atoms with Gasteiger partial charge in [0, 0.05) is 24.8 Å². The van der Waals surface area contributed by atoms with Crippen LogP contribution in [0.5, 0.6) is 0 Å². The summed E-state index contributed by atoms with van der Waals surface area (Å²) >= 11 is 0. The van der Waals surface area contributed by atoms with Crippen molar-refractivity contribution in [2.24, 2.45) is 23.6 Å². The van der Waals surface area contributed by atoms with E-state index in [2.05, 4.69) is 26.2 Å². The fourth-order valence-electron chi connectivity index (χ4n) is 3.93. The van der Waals surface area contributed by atoms with Crippen LogP contribution in [0.15, 0.2) is 0 Å². The van der Waals surface area contributed by atoms with Gasteiger partial charge in [0.15, 0.2) is 0 Å². The van der Waals surface area contributed by atoms with Crippen molar-refractivity contribution >= 4 is 0 Å². The highest BCUT2D eigenvalue weighted by Crippen LogP contribution is 2.43. The summed E-state index contributed by atoms with van der Waals surface area (Å²) in [5.74, 6) is 3.98. The van der Waals surface area contributed by atoms with E-state index in [1.54, 1.807) is 0 Å². The van der Waals surface area contributed by atoms with E-state index < -0.39 is 5.92 Å². The van der Waals surface area contributed by atoms with Gasteiger partial charge in [-0.25, -0.2) is 8.78 Å². The third kappa shape index (κ3) is 3.26. The Balaban J connectivity index is 1.97. The minimum atomic E-state index is -2.47. The second kappa shape index (κ2) is 5.62. The Morgan fingerprint density at radius 2 is 2.00 bits per heavy atom. The van der Waals surface area contributed by atoms with Gasteiger partial charge in [-0.1, -0.05) is 6.92 Å². The van der Waals surface area contributed by atoms with Crippen LogP contribution >= 0.6 is 0 Å². The Morgan fingerprint density at radius 3 is 2.42 bits per heavy atom. The Hall–Kier alpha value is -0.260. The van der Waals surface area contributed by atoms with Crippen LogP contribution in [-0.2, 0) is 4.74 Å². The SMILES string of the molecule is CC1OC(C)C(C(CC2CCC(F)(F)C2)NN)C1C. The molecular weight excluding hydrogens is 250 g/mol. The summed E-state index contributed by atoms with van der Waals surface area (Å²) in [7, 11) is 0. The average Bonchev–Trinajstić information content (AvgIpc) is 2.78. The summed E-state index contributed by atoms with van der Waals surface area (Å²) in [6.45, 7) is 6.28. The lowest BCUT2D eigenvalue weighted by Crippen LogP contribution is -2.46. The van der Waals surface area contributed by atoms with Crippen LogP contribution in [0.2, 0.25) is 0 Å². The number of nitrogens with one attached hydrogen (secondary N) is 1. The predicted octanol–water partition coefficient (Wildman–Crippen LogP) is 2.70. The highest BCUT2D eigenvalue weighted by atomic mass is 19.3. The Kier molecular flexibility index (Phi) is 4.48. The third-order valence-corrected chi connectivity index (χ3v) is 5.09. The van der Waals surface area contributed by atoms with Crippen molar-refractivity contribution in [1.29, 1.82) is 0 Å². The molecule has 0 aromatic rings. The van der Waals surface area contributed by atoms with E-state index in [0.29, 0.717) is 18.3 Å². The van der Waals surface area contributed by atoms with Crippen molar-refractivity contribution in [3.05, 3.63) is 0 Å². The summed E-state index contributed by atoms with van der Waals surface area (Å²) in [6.07, 6.45) is 1.71. The summed E-state index contributed by atoms with van der Waals surface area (Å²) in [5.41, 5.74) is 2.85. The van der Waals surface area contributed by atoms with Crippen molar-refractivity contribution in [3.63, 3.8) is 0 Å². The molecule has 0 aromatic heterocycles. The van der Waals surface area contributed by atoms with E-state index in [1.807, 2.05) is 0 Å². The maximum absolute atomic E-state index is 13.3. The molecule has 0 aromatic carbocycles. The number of hydrogen-bond donors (Lipinski definition) is 2. The lowest BCUT2D eigenvalue weighted by Gasteiger charge is -2.30. The van der Waals surface area contributed by atoms with E-state index in [1.165, 1.54) is 0 Å². The first kappa shape index (κ1) is 15.1. The second-order valence-electron chi connectivity index (χ2n) is 6.46. The summed E-state index contributed by atoms with van der Waals surface area (Å²) in [5, 5.41) is 0. The van der Waals surface area contributed by atoms with E-state index in [0.717, 1.165) is 6.42 Å². The highest BCUT2D eigenvalue weighted by Gasteiger charge is 2.45. The van der Waals surface area contributed by atoms with Gasteiger partial charge in [0.2, 0.25) is 5.92 Å². The molecule has 1 saturated carbocycles. The standard InChI is InChI=1S/C14H26F2N2O/c1-8-9(2)19-10(3)13(8)12(18-17)6-11-4-5-14(15,16)7-11/h8-13,18H,4-7,17H2,1-3H3. The molecule has 2 fully saturated rings. The zero-order valence-electron chi connectivity index (χ0n) is 12.0. The van der Waals surface area contributed by atoms with E-state index >= 15 is 0 Å². The van der Waals surface area contributed by atoms with Gasteiger partial charge in [-0.3, -0.25) is 11.3 Å². The molecule has 0 radical (unpaired) electrons. The van der Waals surface area contributed by atoms with Crippen LogP contribution in [-0.4, -0.2) is 24.2 Å². The molecule has 3 nitrogen and oxygen atoms in total. The fourth-order valence-corrected chi connectivity index (χ4v) is 3.93. The maximum atomic E-state index is 13.3. The largest absolute Gasteiger partial charge is 0.375 e. The smallest absolute Gasteiger partial charge is 0.248 e. The number of hydrogen-bond acceptors (Lipinski definition) is 3. The topological polar surface area (TPSA) is 47.3 Å². The summed E-state index contributed by atoms with van der Waals surface area (Å²) in [4.78, 5) is 0. The van der Waals surface area contributed by atoms with Crippen LogP contribution < -0.4 is 11.3 Å². The number of halogens is 2. The molecule has 1 saturated heterocycles. The zero-order chi connectivity index (χ0) is 14.2. The zero-order valence-corrected chi connectivity index (χ0v) is 12.0. The molecule has 2 aliphatic rings. The van der Waals surface area contributed by atoms with Gasteiger partial charge in [0.25, 0.3) is 0 Å². The first-order valence-corrected chi connectivity index (χ1v) is 7.33. The van der Waals surface area contributed by atoms with Gasteiger partial charge in [0.05, 0.1) is 12.2 Å². The number of hydrazine groups is 1. The molecule has 0 amide bonds. The maximum Gasteiger partial charge on any atom is 0.248 e. The Bertz CT molecular complexity index is 314. The van der Waals surface area contributed by atoms with Gasteiger partial charge < -0.3 is 4.74 Å². The molecule has 5 heteroatoms. The van der Waals surface area contributed by atoms with E-state index in [9.17, 15) is 8.78 Å². The number of rotatable bonds is 4. The molecule has 0 bridgehead atoms. The van der Waals surface area contributed by atoms with Crippen molar-refractivity contribution in [2.75, 3.05) is 0 Å². The van der Waals surface area contributed by atoms with Crippen molar-refractivity contribution in [2.45, 2.75) is 70.6 Å². The van der Waals surface area contributed by atoms with Crippen LogP contribution in [0.25, 0.3) is 0 Å². The molecule has 3 N–H and O–H groups in total. The second-order valence-corrected chi connectivity index (χ2v) is 6.46. The van der Waals surface area contributed by atoms with Crippen LogP contribution in [0, 0.1) is 17.8 Å². The van der Waals surface area contributed by atoms with E-state index in [-0.39, 0.29) is 37.0 Å². The molecule has 0 spiro atoms. The summed E-state index contributed by atoms with van der Waals surface area (Å²) in [6, 6.07) is 0.0637. The summed E-state index contributed by atoms with van der Waals surface area (Å²) < 4.78 is 32.4. The molecule has 1 aliphatic heterocycles. The molecule has 19 heavy (non-hydrogen) atoms. The third-order valence-electron chi connectivity index (χ3n) is 5.09. The molecule has 1 aliphatic carbocycles. The van der Waals surface area contributed by atoms with E-state index in [4.69, 9.17) is 10.6 Å². The minimum Gasteiger partial charge on any atom is -0.375 e. The Labute approximate surface area is 114 Å². The van der Waals surface area contributed by atoms with Crippen molar-refractivity contribution in [3.8, 4) is 0 Å². The van der Waals surface area contributed by atoms with Gasteiger partial charge in [-0.15, -0.1) is 0 Å². The van der Waals surface area contributed by atoms with Crippen molar-refractivity contribution < 1.29 is 13.5 Å². The number of alkyl halides is 2. The molecule has 6 unspecified atom stereocenters. The first-order valence-electron chi connectivity index (χ1n) is 7.33. The monoisotopic (exact) mass is 276 g/mol. The molecule has 2 rings (SSSR count). The van der Waals surface area contributed by atoms with Crippen molar-refractivity contribution in [1.82, 2.24) is 5.43 Å². The normalized spacial score (nSPS) is 43.6. The number of nitrogens with two attached hydrogens (primary N) is 1. The molecule has 112 valence electrons. The molecule has 6 atom stereocenters. The van der Waals surface area contributed by atoms with Crippen LogP contribution in [0.4, 0.5) is 8.78 Å². The van der Waals surface area contributed by atoms with Gasteiger partial charge in [-0.05, 0) is 38.5 Å².